The first-order chi connectivity index (χ1) is 5.24. The van der Waals surface area contributed by atoms with Crippen LogP contribution in [0.15, 0.2) is 12.7 Å². The molecule has 64 valence electrons. The van der Waals surface area contributed by atoms with E-state index in [1.54, 1.807) is 0 Å². The summed E-state index contributed by atoms with van der Waals surface area (Å²) in [5.41, 5.74) is 0. The second-order valence-corrected chi connectivity index (χ2v) is 2.81. The summed E-state index contributed by atoms with van der Waals surface area (Å²) >= 11 is 0. The molecule has 1 aliphatic rings. The number of rotatable bonds is 2. The van der Waals surface area contributed by atoms with E-state index < -0.39 is 6.10 Å². The zero-order valence-corrected chi connectivity index (χ0v) is 6.44. The molecular weight excluding hydrogens is 144 g/mol. The van der Waals surface area contributed by atoms with Crippen molar-refractivity contribution in [1.29, 1.82) is 0 Å². The molecule has 0 spiro atoms. The van der Waals surface area contributed by atoms with E-state index in [1.165, 1.54) is 6.08 Å². The molecule has 0 saturated carbocycles. The van der Waals surface area contributed by atoms with E-state index >= 15 is 0 Å². The summed E-state index contributed by atoms with van der Waals surface area (Å²) in [7, 11) is 0. The van der Waals surface area contributed by atoms with Crippen LogP contribution in [0.4, 0.5) is 0 Å². The summed E-state index contributed by atoms with van der Waals surface area (Å²) in [4.78, 5) is 0. The van der Waals surface area contributed by atoms with Gasteiger partial charge in [0.1, 0.15) is 0 Å². The number of hydrogen-bond donors (Lipinski definition) is 2. The molecule has 1 saturated heterocycles. The van der Waals surface area contributed by atoms with Gasteiger partial charge in [-0.1, -0.05) is 6.08 Å². The van der Waals surface area contributed by atoms with Gasteiger partial charge in [-0.15, -0.1) is 6.58 Å². The molecule has 1 heterocycles. The Morgan fingerprint density at radius 1 is 1.64 bits per heavy atom. The fraction of sp³-hybridized carbons (Fsp3) is 0.750. The van der Waals surface area contributed by atoms with Crippen molar-refractivity contribution in [3.63, 3.8) is 0 Å². The Labute approximate surface area is 66.3 Å². The van der Waals surface area contributed by atoms with E-state index in [0.717, 1.165) is 0 Å². The summed E-state index contributed by atoms with van der Waals surface area (Å²) in [6, 6.07) is 0. The van der Waals surface area contributed by atoms with Gasteiger partial charge in [-0.25, -0.2) is 0 Å². The maximum Gasteiger partial charge on any atom is 0.0981 e. The minimum atomic E-state index is -0.648. The fourth-order valence-electron chi connectivity index (χ4n) is 1.20. The van der Waals surface area contributed by atoms with Gasteiger partial charge in [0.05, 0.1) is 18.3 Å². The van der Waals surface area contributed by atoms with Gasteiger partial charge in [-0.2, -0.15) is 0 Å². The smallest absolute Gasteiger partial charge is 0.0981 e. The highest BCUT2D eigenvalue weighted by Crippen LogP contribution is 2.16. The van der Waals surface area contributed by atoms with Crippen LogP contribution in [0.25, 0.3) is 0 Å². The standard InChI is InChI=1S/C8H14O3/c1-2-7(10)8-5-6(9)3-4-11-8/h2,6-10H,1,3-5H2. The van der Waals surface area contributed by atoms with Gasteiger partial charge in [0.25, 0.3) is 0 Å². The minimum absolute atomic E-state index is 0.267. The SMILES string of the molecule is C=CC(O)C1CC(O)CCO1. The van der Waals surface area contributed by atoms with E-state index in [4.69, 9.17) is 4.74 Å². The van der Waals surface area contributed by atoms with Crippen molar-refractivity contribution in [3.05, 3.63) is 12.7 Å². The third kappa shape index (κ3) is 2.29. The largest absolute Gasteiger partial charge is 0.393 e. The van der Waals surface area contributed by atoms with E-state index in [2.05, 4.69) is 6.58 Å². The Bertz CT molecular complexity index is 135. The zero-order valence-electron chi connectivity index (χ0n) is 6.44. The van der Waals surface area contributed by atoms with E-state index in [1.807, 2.05) is 0 Å². The Balaban J connectivity index is 2.38. The van der Waals surface area contributed by atoms with Gasteiger partial charge >= 0.3 is 0 Å². The molecule has 0 aromatic carbocycles. The topological polar surface area (TPSA) is 49.7 Å². The molecule has 1 fully saturated rings. The molecule has 2 N–H and O–H groups in total. The lowest BCUT2D eigenvalue weighted by atomic mass is 10.0. The summed E-state index contributed by atoms with van der Waals surface area (Å²) in [6.07, 6.45) is 1.36. The number of aliphatic hydroxyl groups is 2. The van der Waals surface area contributed by atoms with Gasteiger partial charge in [-0.05, 0) is 6.42 Å². The molecule has 0 aromatic heterocycles. The van der Waals surface area contributed by atoms with Gasteiger partial charge < -0.3 is 14.9 Å². The minimum Gasteiger partial charge on any atom is -0.393 e. The summed E-state index contributed by atoms with van der Waals surface area (Å²) in [6.45, 7) is 3.97. The van der Waals surface area contributed by atoms with Crippen molar-refractivity contribution in [2.45, 2.75) is 31.2 Å². The monoisotopic (exact) mass is 158 g/mol. The molecule has 1 rings (SSSR count). The van der Waals surface area contributed by atoms with Crippen molar-refractivity contribution < 1.29 is 14.9 Å². The summed E-state index contributed by atoms with van der Waals surface area (Å²) in [5.74, 6) is 0. The maximum absolute atomic E-state index is 9.25. The predicted octanol–water partition coefficient (Wildman–Crippen LogP) is 0.0732. The fourth-order valence-corrected chi connectivity index (χ4v) is 1.20. The molecule has 0 aromatic rings. The molecule has 0 aliphatic carbocycles. The third-order valence-electron chi connectivity index (χ3n) is 1.91. The molecule has 3 unspecified atom stereocenters. The molecule has 0 amide bonds. The van der Waals surface area contributed by atoms with E-state index in [0.29, 0.717) is 19.4 Å². The van der Waals surface area contributed by atoms with Crippen LogP contribution in [0.1, 0.15) is 12.8 Å². The van der Waals surface area contributed by atoms with Gasteiger partial charge in [0, 0.05) is 13.0 Å². The first-order valence-electron chi connectivity index (χ1n) is 3.84. The van der Waals surface area contributed by atoms with Crippen LogP contribution >= 0.6 is 0 Å². The molecule has 3 heteroatoms. The van der Waals surface area contributed by atoms with E-state index in [9.17, 15) is 10.2 Å². The van der Waals surface area contributed by atoms with Crippen molar-refractivity contribution >= 4 is 0 Å². The van der Waals surface area contributed by atoms with Crippen molar-refractivity contribution in [3.8, 4) is 0 Å². The highest BCUT2D eigenvalue weighted by molar-refractivity contribution is 4.88. The molecule has 0 bridgehead atoms. The lowest BCUT2D eigenvalue weighted by Crippen LogP contribution is -2.36. The van der Waals surface area contributed by atoms with Crippen LogP contribution in [0.3, 0.4) is 0 Å². The second kappa shape index (κ2) is 3.85. The van der Waals surface area contributed by atoms with Gasteiger partial charge in [0.15, 0.2) is 0 Å². The molecule has 1 aliphatic heterocycles. The van der Waals surface area contributed by atoms with Crippen LogP contribution in [-0.2, 0) is 4.74 Å². The second-order valence-electron chi connectivity index (χ2n) is 2.81. The van der Waals surface area contributed by atoms with Crippen molar-refractivity contribution in [2.75, 3.05) is 6.61 Å². The quantitative estimate of drug-likeness (QED) is 0.559. The zero-order chi connectivity index (χ0) is 8.27. The summed E-state index contributed by atoms with van der Waals surface area (Å²) in [5, 5.41) is 18.4. The van der Waals surface area contributed by atoms with E-state index in [-0.39, 0.29) is 12.2 Å². The lowest BCUT2D eigenvalue weighted by Gasteiger charge is -2.28. The van der Waals surface area contributed by atoms with Crippen LogP contribution in [0.2, 0.25) is 0 Å². The van der Waals surface area contributed by atoms with Crippen LogP contribution in [-0.4, -0.2) is 35.1 Å². The number of hydrogen-bond acceptors (Lipinski definition) is 3. The Morgan fingerprint density at radius 2 is 2.36 bits per heavy atom. The average Bonchev–Trinajstić information content (AvgIpc) is 2.03. The lowest BCUT2D eigenvalue weighted by molar-refractivity contribution is -0.0837. The van der Waals surface area contributed by atoms with Crippen molar-refractivity contribution in [2.24, 2.45) is 0 Å². The Kier molecular flexibility index (Phi) is 3.05. The average molecular weight is 158 g/mol. The number of aliphatic hydroxyl groups excluding tert-OH is 2. The first kappa shape index (κ1) is 8.71. The Morgan fingerprint density at radius 3 is 2.91 bits per heavy atom. The first-order valence-corrected chi connectivity index (χ1v) is 3.84. The van der Waals surface area contributed by atoms with Crippen LogP contribution in [0.5, 0.6) is 0 Å². The van der Waals surface area contributed by atoms with Gasteiger partial charge in [0.2, 0.25) is 0 Å². The number of ether oxygens (including phenoxy) is 1. The normalized spacial score (nSPS) is 34.7. The maximum atomic E-state index is 9.25. The molecule has 3 nitrogen and oxygen atoms in total. The predicted molar refractivity (Wildman–Crippen MR) is 41.2 cm³/mol. The summed E-state index contributed by atoms with van der Waals surface area (Å²) < 4.78 is 5.22. The highest BCUT2D eigenvalue weighted by atomic mass is 16.5. The Hall–Kier alpha value is -0.380. The van der Waals surface area contributed by atoms with Crippen LogP contribution < -0.4 is 0 Å². The van der Waals surface area contributed by atoms with Crippen molar-refractivity contribution in [1.82, 2.24) is 0 Å². The molecule has 3 atom stereocenters. The van der Waals surface area contributed by atoms with Gasteiger partial charge in [-0.3, -0.25) is 0 Å². The third-order valence-corrected chi connectivity index (χ3v) is 1.91. The highest BCUT2D eigenvalue weighted by Gasteiger charge is 2.24. The molecular formula is C8H14O3. The molecule has 11 heavy (non-hydrogen) atoms. The molecule has 0 radical (unpaired) electrons. The van der Waals surface area contributed by atoms with Crippen LogP contribution in [0, 0.1) is 0 Å².